The highest BCUT2D eigenvalue weighted by atomic mass is 35.5. The molecule has 1 unspecified atom stereocenters. The van der Waals surface area contributed by atoms with Crippen LogP contribution in [0.2, 0.25) is 0 Å². The summed E-state index contributed by atoms with van der Waals surface area (Å²) < 4.78 is 12.0. The Morgan fingerprint density at radius 2 is 1.25 bits per heavy atom. The summed E-state index contributed by atoms with van der Waals surface area (Å²) >= 11 is 0. The van der Waals surface area contributed by atoms with Gasteiger partial charge in [0.2, 0.25) is 0 Å². The van der Waals surface area contributed by atoms with Crippen LogP contribution in [0.4, 0.5) is 0 Å². The normalized spacial score (nSPS) is 11.6. The number of benzene rings is 3. The zero-order valence-electron chi connectivity index (χ0n) is 16.2. The van der Waals surface area contributed by atoms with E-state index < -0.39 is 0 Å². The molecule has 0 aliphatic heterocycles. The van der Waals surface area contributed by atoms with Gasteiger partial charge < -0.3 is 14.8 Å². The molecule has 0 saturated heterocycles. The molecule has 0 aromatic heterocycles. The summed E-state index contributed by atoms with van der Waals surface area (Å²) in [6, 6.07) is 30.9. The fourth-order valence-corrected chi connectivity index (χ4v) is 2.92. The van der Waals surface area contributed by atoms with Gasteiger partial charge in [0.25, 0.3) is 0 Å². The van der Waals surface area contributed by atoms with Crippen molar-refractivity contribution in [1.29, 1.82) is 0 Å². The molecule has 28 heavy (non-hydrogen) atoms. The fourth-order valence-electron chi connectivity index (χ4n) is 2.92. The second-order valence-corrected chi connectivity index (χ2v) is 6.55. The fraction of sp³-hybridized carbons (Fsp3) is 0.250. The first kappa shape index (κ1) is 22.0. The third-order valence-corrected chi connectivity index (χ3v) is 4.33. The summed E-state index contributed by atoms with van der Waals surface area (Å²) in [6.07, 6.45) is -0.0509. The van der Waals surface area contributed by atoms with Crippen LogP contribution in [0.3, 0.4) is 0 Å². The standard InChI is InChI=1S/C24H27NO2.ClH/c1-20(19-27-23-15-9-4-10-16-23)25-17-18-26-24(21-11-5-2-6-12-21)22-13-7-3-8-14-22;/h2-16,20,24-25H,17-19H2,1H3;1H. The third kappa shape index (κ3) is 7.01. The van der Waals surface area contributed by atoms with Crippen LogP contribution in [-0.2, 0) is 4.74 Å². The van der Waals surface area contributed by atoms with Crippen molar-refractivity contribution in [2.24, 2.45) is 0 Å². The number of nitrogens with one attached hydrogen (secondary N) is 1. The minimum atomic E-state index is -0.0509. The zero-order chi connectivity index (χ0) is 18.7. The van der Waals surface area contributed by atoms with Crippen LogP contribution < -0.4 is 10.1 Å². The van der Waals surface area contributed by atoms with E-state index in [2.05, 4.69) is 60.8 Å². The Hall–Kier alpha value is -2.33. The van der Waals surface area contributed by atoms with Crippen molar-refractivity contribution in [3.8, 4) is 5.75 Å². The van der Waals surface area contributed by atoms with Gasteiger partial charge in [0.1, 0.15) is 18.5 Å². The first-order chi connectivity index (χ1) is 13.3. The lowest BCUT2D eigenvalue weighted by atomic mass is 10.0. The third-order valence-electron chi connectivity index (χ3n) is 4.33. The van der Waals surface area contributed by atoms with Crippen molar-refractivity contribution in [2.45, 2.75) is 19.1 Å². The number of hydrogen-bond donors (Lipinski definition) is 1. The molecular formula is C24H28ClNO2. The Morgan fingerprint density at radius 1 is 0.750 bits per heavy atom. The summed E-state index contributed by atoms with van der Waals surface area (Å²) in [5.41, 5.74) is 2.34. The van der Waals surface area contributed by atoms with E-state index in [9.17, 15) is 0 Å². The van der Waals surface area contributed by atoms with Gasteiger partial charge >= 0.3 is 0 Å². The minimum absolute atomic E-state index is 0. The SMILES string of the molecule is CC(COc1ccccc1)NCCOC(c1ccccc1)c1ccccc1.Cl. The summed E-state index contributed by atoms with van der Waals surface area (Å²) in [4.78, 5) is 0. The van der Waals surface area contributed by atoms with Gasteiger partial charge in [0.05, 0.1) is 6.61 Å². The topological polar surface area (TPSA) is 30.5 Å². The van der Waals surface area contributed by atoms with Crippen LogP contribution in [0.15, 0.2) is 91.0 Å². The second kappa shape index (κ2) is 12.2. The van der Waals surface area contributed by atoms with Crippen molar-refractivity contribution in [2.75, 3.05) is 19.8 Å². The molecule has 0 aliphatic carbocycles. The maximum atomic E-state index is 6.22. The van der Waals surface area contributed by atoms with E-state index in [1.54, 1.807) is 0 Å². The van der Waals surface area contributed by atoms with Gasteiger partial charge in [0, 0.05) is 12.6 Å². The monoisotopic (exact) mass is 397 g/mol. The first-order valence-electron chi connectivity index (χ1n) is 9.45. The number of ether oxygens (including phenoxy) is 2. The van der Waals surface area contributed by atoms with Gasteiger partial charge in [0.15, 0.2) is 0 Å². The van der Waals surface area contributed by atoms with E-state index in [4.69, 9.17) is 9.47 Å². The average Bonchev–Trinajstić information content (AvgIpc) is 2.74. The molecule has 3 aromatic rings. The molecule has 1 atom stereocenters. The lowest BCUT2D eigenvalue weighted by molar-refractivity contribution is 0.0797. The van der Waals surface area contributed by atoms with Crippen LogP contribution >= 0.6 is 12.4 Å². The summed E-state index contributed by atoms with van der Waals surface area (Å²) in [7, 11) is 0. The van der Waals surface area contributed by atoms with Crippen molar-refractivity contribution >= 4 is 12.4 Å². The van der Waals surface area contributed by atoms with Gasteiger partial charge in [-0.05, 0) is 30.2 Å². The Kier molecular flexibility index (Phi) is 9.56. The van der Waals surface area contributed by atoms with Crippen LogP contribution in [-0.4, -0.2) is 25.8 Å². The number of rotatable bonds is 10. The van der Waals surface area contributed by atoms with Gasteiger partial charge in [-0.25, -0.2) is 0 Å². The second-order valence-electron chi connectivity index (χ2n) is 6.55. The van der Waals surface area contributed by atoms with E-state index in [0.717, 1.165) is 12.3 Å². The van der Waals surface area contributed by atoms with E-state index in [1.165, 1.54) is 11.1 Å². The lowest BCUT2D eigenvalue weighted by Crippen LogP contribution is -2.34. The highest BCUT2D eigenvalue weighted by molar-refractivity contribution is 5.85. The Labute approximate surface area is 174 Å². The smallest absolute Gasteiger partial charge is 0.119 e. The van der Waals surface area contributed by atoms with Gasteiger partial charge in [-0.1, -0.05) is 78.9 Å². The maximum absolute atomic E-state index is 6.22. The largest absolute Gasteiger partial charge is 0.492 e. The molecule has 0 fully saturated rings. The van der Waals surface area contributed by atoms with Gasteiger partial charge in [-0.15, -0.1) is 12.4 Å². The molecule has 3 nitrogen and oxygen atoms in total. The zero-order valence-corrected chi connectivity index (χ0v) is 17.0. The summed E-state index contributed by atoms with van der Waals surface area (Å²) in [6.45, 7) is 4.15. The molecule has 0 radical (unpaired) electrons. The highest BCUT2D eigenvalue weighted by Crippen LogP contribution is 2.25. The molecule has 3 rings (SSSR count). The van der Waals surface area contributed by atoms with Crippen molar-refractivity contribution < 1.29 is 9.47 Å². The van der Waals surface area contributed by atoms with E-state index in [1.807, 2.05) is 42.5 Å². The molecule has 4 heteroatoms. The predicted molar refractivity (Wildman–Crippen MR) is 117 cm³/mol. The van der Waals surface area contributed by atoms with Crippen LogP contribution in [0.1, 0.15) is 24.2 Å². The predicted octanol–water partition coefficient (Wildman–Crippen LogP) is 5.27. The van der Waals surface area contributed by atoms with Gasteiger partial charge in [-0.3, -0.25) is 0 Å². The molecule has 148 valence electrons. The van der Waals surface area contributed by atoms with Crippen LogP contribution in [0.5, 0.6) is 5.75 Å². The van der Waals surface area contributed by atoms with Crippen LogP contribution in [0.25, 0.3) is 0 Å². The lowest BCUT2D eigenvalue weighted by Gasteiger charge is -2.20. The summed E-state index contributed by atoms with van der Waals surface area (Å²) in [5.74, 6) is 0.899. The van der Waals surface area contributed by atoms with Crippen molar-refractivity contribution in [1.82, 2.24) is 5.32 Å². The number of halogens is 1. The van der Waals surface area contributed by atoms with Crippen LogP contribution in [0, 0.1) is 0 Å². The molecule has 0 bridgehead atoms. The minimum Gasteiger partial charge on any atom is -0.492 e. The molecule has 0 aliphatic rings. The molecular weight excluding hydrogens is 370 g/mol. The Morgan fingerprint density at radius 3 is 1.79 bits per heavy atom. The van der Waals surface area contributed by atoms with E-state index >= 15 is 0 Å². The highest BCUT2D eigenvalue weighted by Gasteiger charge is 2.14. The van der Waals surface area contributed by atoms with E-state index in [0.29, 0.717) is 13.2 Å². The molecule has 1 N–H and O–H groups in total. The average molecular weight is 398 g/mol. The molecule has 0 spiro atoms. The molecule has 3 aromatic carbocycles. The molecule has 0 saturated carbocycles. The maximum Gasteiger partial charge on any atom is 0.119 e. The quantitative estimate of drug-likeness (QED) is 0.472. The van der Waals surface area contributed by atoms with Crippen molar-refractivity contribution in [3.05, 3.63) is 102 Å². The molecule has 0 amide bonds. The Bertz CT molecular complexity index is 729. The van der Waals surface area contributed by atoms with Gasteiger partial charge in [-0.2, -0.15) is 0 Å². The number of para-hydroxylation sites is 1. The first-order valence-corrected chi connectivity index (χ1v) is 9.45. The summed E-state index contributed by atoms with van der Waals surface area (Å²) in [5, 5.41) is 3.46. The number of hydrogen-bond acceptors (Lipinski definition) is 3. The Balaban J connectivity index is 0.00000280. The molecule has 0 heterocycles. The van der Waals surface area contributed by atoms with Crippen molar-refractivity contribution in [3.63, 3.8) is 0 Å². The van der Waals surface area contributed by atoms with E-state index in [-0.39, 0.29) is 24.6 Å².